The van der Waals surface area contributed by atoms with E-state index in [0.29, 0.717) is 17.4 Å². The van der Waals surface area contributed by atoms with Crippen LogP contribution in [0.25, 0.3) is 0 Å². The summed E-state index contributed by atoms with van der Waals surface area (Å²) in [5, 5.41) is 7.12. The molecule has 22 heavy (non-hydrogen) atoms. The van der Waals surface area contributed by atoms with E-state index in [9.17, 15) is 4.79 Å². The lowest BCUT2D eigenvalue weighted by atomic mass is 10.0. The van der Waals surface area contributed by atoms with E-state index < -0.39 is 0 Å². The smallest absolute Gasteiger partial charge is 0.321 e. The normalized spacial score (nSPS) is 14.5. The molecule has 0 atom stereocenters. The highest BCUT2D eigenvalue weighted by Crippen LogP contribution is 2.25. The first kappa shape index (κ1) is 14.9. The Hall–Kier alpha value is -2.02. The summed E-state index contributed by atoms with van der Waals surface area (Å²) in [6.45, 7) is 2.29. The topological polar surface area (TPSA) is 59.4 Å². The van der Waals surface area contributed by atoms with Crippen LogP contribution >= 0.6 is 15.9 Å². The van der Waals surface area contributed by atoms with Crippen molar-refractivity contribution < 1.29 is 9.53 Å². The number of halogens is 1. The van der Waals surface area contributed by atoms with Crippen molar-refractivity contribution in [3.8, 4) is 5.75 Å². The predicted octanol–water partition coefficient (Wildman–Crippen LogP) is 2.82. The predicted molar refractivity (Wildman–Crippen MR) is 87.0 cm³/mol. The number of carbonyl (C=O) groups excluding carboxylic acids is 1. The number of nitrogens with zero attached hydrogens (tertiary/aromatic N) is 3. The van der Waals surface area contributed by atoms with E-state index in [1.165, 1.54) is 0 Å². The Bertz CT molecular complexity index is 667. The van der Waals surface area contributed by atoms with Gasteiger partial charge in [0.1, 0.15) is 5.75 Å². The quantitative estimate of drug-likeness (QED) is 0.907. The van der Waals surface area contributed by atoms with Crippen LogP contribution < -0.4 is 10.1 Å². The molecule has 3 rings (SSSR count). The second kappa shape index (κ2) is 6.39. The summed E-state index contributed by atoms with van der Waals surface area (Å²) in [5.41, 5.74) is 0.689. The van der Waals surface area contributed by atoms with Gasteiger partial charge in [0.05, 0.1) is 23.5 Å². The molecule has 1 aliphatic heterocycles. The highest BCUT2D eigenvalue weighted by molar-refractivity contribution is 9.10. The Morgan fingerprint density at radius 2 is 2.23 bits per heavy atom. The lowest BCUT2D eigenvalue weighted by Gasteiger charge is -2.39. The van der Waals surface area contributed by atoms with Gasteiger partial charge in [0.15, 0.2) is 0 Å². The molecule has 0 bridgehead atoms. The maximum absolute atomic E-state index is 12.2. The minimum Gasteiger partial charge on any atom is -0.495 e. The molecule has 0 aliphatic carbocycles. The van der Waals surface area contributed by atoms with Crippen molar-refractivity contribution in [1.82, 2.24) is 14.7 Å². The molecule has 1 aromatic carbocycles. The number of aromatic nitrogens is 2. The molecule has 1 saturated heterocycles. The number of anilines is 1. The van der Waals surface area contributed by atoms with Crippen LogP contribution in [-0.2, 0) is 6.54 Å². The number of urea groups is 1. The number of benzene rings is 1. The van der Waals surface area contributed by atoms with Crippen molar-refractivity contribution in [2.75, 3.05) is 25.5 Å². The molecule has 0 spiro atoms. The van der Waals surface area contributed by atoms with Crippen molar-refractivity contribution in [3.63, 3.8) is 0 Å². The van der Waals surface area contributed by atoms with E-state index >= 15 is 0 Å². The van der Waals surface area contributed by atoms with Crippen LogP contribution in [0.4, 0.5) is 10.5 Å². The number of hydrogen-bond donors (Lipinski definition) is 1. The molecule has 1 aliphatic rings. The lowest BCUT2D eigenvalue weighted by Crippen LogP contribution is -2.53. The first-order chi connectivity index (χ1) is 10.7. The maximum atomic E-state index is 12.2. The maximum Gasteiger partial charge on any atom is 0.321 e. The van der Waals surface area contributed by atoms with Crippen LogP contribution in [0.3, 0.4) is 0 Å². The zero-order valence-corrected chi connectivity index (χ0v) is 13.8. The average Bonchev–Trinajstić information content (AvgIpc) is 2.88. The lowest BCUT2D eigenvalue weighted by molar-refractivity contribution is 0.117. The Morgan fingerprint density at radius 3 is 2.91 bits per heavy atom. The van der Waals surface area contributed by atoms with Crippen LogP contribution in [0, 0.1) is 5.92 Å². The minimum absolute atomic E-state index is 0.0950. The molecule has 0 radical (unpaired) electrons. The van der Waals surface area contributed by atoms with Crippen molar-refractivity contribution >= 4 is 27.6 Å². The van der Waals surface area contributed by atoms with Crippen LogP contribution in [-0.4, -0.2) is 40.9 Å². The van der Waals surface area contributed by atoms with E-state index in [2.05, 4.69) is 26.3 Å². The third-order valence-corrected chi connectivity index (χ3v) is 4.05. The zero-order valence-electron chi connectivity index (χ0n) is 12.2. The Labute approximate surface area is 137 Å². The van der Waals surface area contributed by atoms with Crippen LogP contribution in [0.2, 0.25) is 0 Å². The molecular weight excluding hydrogens is 348 g/mol. The molecule has 2 aromatic rings. The number of rotatable bonds is 4. The van der Waals surface area contributed by atoms with E-state index in [4.69, 9.17) is 4.74 Å². The third kappa shape index (κ3) is 3.24. The summed E-state index contributed by atoms with van der Waals surface area (Å²) in [6, 6.07) is 7.30. The van der Waals surface area contributed by atoms with Crippen molar-refractivity contribution in [1.29, 1.82) is 0 Å². The molecule has 116 valence electrons. The van der Waals surface area contributed by atoms with Gasteiger partial charge in [0.2, 0.25) is 0 Å². The van der Waals surface area contributed by atoms with Gasteiger partial charge in [-0.05, 0) is 28.1 Å². The van der Waals surface area contributed by atoms with Gasteiger partial charge in [-0.15, -0.1) is 0 Å². The number of likely N-dealkylation sites (tertiary alicyclic amines) is 1. The van der Waals surface area contributed by atoms with E-state index in [1.54, 1.807) is 18.2 Å². The standard InChI is InChI=1S/C15H17BrN4O2/c1-22-14-5-3-2-4-13(14)18-15(21)19-7-11(8-19)9-20-10-12(16)6-17-20/h2-6,10-11H,7-9H2,1H3,(H,18,21). The van der Waals surface area contributed by atoms with Crippen LogP contribution in [0.15, 0.2) is 41.1 Å². The summed E-state index contributed by atoms with van der Waals surface area (Å²) in [6.07, 6.45) is 3.71. The fourth-order valence-corrected chi connectivity index (χ4v) is 2.82. The number of carbonyl (C=O) groups is 1. The first-order valence-corrected chi connectivity index (χ1v) is 7.82. The van der Waals surface area contributed by atoms with Gasteiger partial charge in [-0.2, -0.15) is 5.10 Å². The van der Waals surface area contributed by atoms with Crippen LogP contribution in [0.1, 0.15) is 0 Å². The summed E-state index contributed by atoms with van der Waals surface area (Å²) in [4.78, 5) is 14.0. The highest BCUT2D eigenvalue weighted by Gasteiger charge is 2.31. The fraction of sp³-hybridized carbons (Fsp3) is 0.333. The molecule has 1 fully saturated rings. The van der Waals surface area contributed by atoms with Crippen molar-refractivity contribution in [2.45, 2.75) is 6.54 Å². The van der Waals surface area contributed by atoms with Gasteiger partial charge in [-0.25, -0.2) is 4.79 Å². The van der Waals surface area contributed by atoms with Gasteiger partial charge < -0.3 is 15.0 Å². The summed E-state index contributed by atoms with van der Waals surface area (Å²) in [5.74, 6) is 1.10. The number of methoxy groups -OCH3 is 1. The van der Waals surface area contributed by atoms with Crippen molar-refractivity contribution in [2.24, 2.45) is 5.92 Å². The average molecular weight is 365 g/mol. The SMILES string of the molecule is COc1ccccc1NC(=O)N1CC(Cn2cc(Br)cn2)C1. The monoisotopic (exact) mass is 364 g/mol. The van der Waals surface area contributed by atoms with E-state index in [-0.39, 0.29) is 6.03 Å². The van der Waals surface area contributed by atoms with Gasteiger partial charge in [0.25, 0.3) is 0 Å². The second-order valence-electron chi connectivity index (χ2n) is 5.28. The molecule has 0 saturated carbocycles. The number of ether oxygens (including phenoxy) is 1. The Balaban J connectivity index is 1.51. The summed E-state index contributed by atoms with van der Waals surface area (Å²) in [7, 11) is 1.59. The molecule has 2 amide bonds. The Kier molecular flexibility index (Phi) is 4.33. The van der Waals surface area contributed by atoms with Gasteiger partial charge in [-0.1, -0.05) is 12.1 Å². The van der Waals surface area contributed by atoms with E-state index in [1.807, 2.05) is 35.1 Å². The minimum atomic E-state index is -0.0950. The molecule has 1 aromatic heterocycles. The van der Waals surface area contributed by atoms with Gasteiger partial charge in [0, 0.05) is 31.7 Å². The number of nitrogens with one attached hydrogen (secondary N) is 1. The number of para-hydroxylation sites is 2. The van der Waals surface area contributed by atoms with E-state index in [0.717, 1.165) is 24.1 Å². The number of amides is 2. The first-order valence-electron chi connectivity index (χ1n) is 7.02. The molecule has 0 unspecified atom stereocenters. The fourth-order valence-electron chi connectivity index (χ4n) is 2.50. The van der Waals surface area contributed by atoms with Crippen molar-refractivity contribution in [3.05, 3.63) is 41.1 Å². The van der Waals surface area contributed by atoms with Crippen LogP contribution in [0.5, 0.6) is 5.75 Å². The Morgan fingerprint density at radius 1 is 1.45 bits per heavy atom. The molecule has 1 N–H and O–H groups in total. The van der Waals surface area contributed by atoms with Gasteiger partial charge >= 0.3 is 6.03 Å². The largest absolute Gasteiger partial charge is 0.495 e. The van der Waals surface area contributed by atoms with Gasteiger partial charge in [-0.3, -0.25) is 4.68 Å². The summed E-state index contributed by atoms with van der Waals surface area (Å²) < 4.78 is 8.09. The second-order valence-corrected chi connectivity index (χ2v) is 6.20. The zero-order chi connectivity index (χ0) is 15.5. The summed E-state index contributed by atoms with van der Waals surface area (Å²) >= 11 is 3.38. The molecule has 7 heteroatoms. The molecule has 6 nitrogen and oxygen atoms in total. The molecule has 2 heterocycles. The highest BCUT2D eigenvalue weighted by atomic mass is 79.9. The molecular formula is C15H17BrN4O2. The third-order valence-electron chi connectivity index (χ3n) is 3.64. The number of hydrogen-bond acceptors (Lipinski definition) is 3.